The van der Waals surface area contributed by atoms with Gasteiger partial charge in [-0.1, -0.05) is 31.2 Å². The highest BCUT2D eigenvalue weighted by atomic mass is 16.3. The molecule has 0 bridgehead atoms. The van der Waals surface area contributed by atoms with Crippen molar-refractivity contribution >= 4 is 10.9 Å². The van der Waals surface area contributed by atoms with E-state index in [4.69, 9.17) is 5.73 Å². The molecule has 0 spiro atoms. The van der Waals surface area contributed by atoms with Gasteiger partial charge in [0.15, 0.2) is 0 Å². The average Bonchev–Trinajstić information content (AvgIpc) is 2.38. The van der Waals surface area contributed by atoms with E-state index in [-0.39, 0.29) is 6.54 Å². The van der Waals surface area contributed by atoms with Crippen LogP contribution < -0.4 is 5.73 Å². The van der Waals surface area contributed by atoms with Crippen molar-refractivity contribution in [3.05, 3.63) is 42.1 Å². The minimum absolute atomic E-state index is 0.262. The van der Waals surface area contributed by atoms with Crippen molar-refractivity contribution < 1.29 is 5.11 Å². The first kappa shape index (κ1) is 12.0. The van der Waals surface area contributed by atoms with Crippen LogP contribution in [0.25, 0.3) is 10.9 Å². The summed E-state index contributed by atoms with van der Waals surface area (Å²) in [6.07, 6.45) is 1.14. The lowest BCUT2D eigenvalue weighted by molar-refractivity contribution is 0.0447. The Hall–Kier alpha value is -1.45. The Kier molecular flexibility index (Phi) is 3.41. The number of benzene rings is 1. The molecule has 1 heterocycles. The highest BCUT2D eigenvalue weighted by Crippen LogP contribution is 2.18. The number of aliphatic hydroxyl groups is 1. The number of hydrogen-bond acceptors (Lipinski definition) is 3. The molecule has 2 rings (SSSR count). The largest absolute Gasteiger partial charge is 0.388 e. The van der Waals surface area contributed by atoms with Crippen LogP contribution in [0, 0.1) is 0 Å². The molecular formula is C14H18N2O. The molecule has 2 aromatic rings. The summed E-state index contributed by atoms with van der Waals surface area (Å²) in [6, 6.07) is 12.0. The summed E-state index contributed by atoms with van der Waals surface area (Å²) >= 11 is 0. The van der Waals surface area contributed by atoms with Crippen LogP contribution in [0.5, 0.6) is 0 Å². The molecule has 1 atom stereocenters. The van der Waals surface area contributed by atoms with E-state index in [1.807, 2.05) is 43.3 Å². The van der Waals surface area contributed by atoms with Gasteiger partial charge in [-0.2, -0.15) is 0 Å². The van der Waals surface area contributed by atoms with Crippen molar-refractivity contribution in [1.82, 2.24) is 4.98 Å². The van der Waals surface area contributed by atoms with E-state index in [9.17, 15) is 5.11 Å². The lowest BCUT2D eigenvalue weighted by atomic mass is 9.94. The van der Waals surface area contributed by atoms with Crippen LogP contribution in [0.1, 0.15) is 19.0 Å². The van der Waals surface area contributed by atoms with Gasteiger partial charge in [0.05, 0.1) is 11.1 Å². The fourth-order valence-corrected chi connectivity index (χ4v) is 1.89. The maximum atomic E-state index is 10.2. The third-order valence-electron chi connectivity index (χ3n) is 3.20. The fourth-order valence-electron chi connectivity index (χ4n) is 1.89. The van der Waals surface area contributed by atoms with Crippen molar-refractivity contribution in [2.75, 3.05) is 6.54 Å². The number of nitrogens with two attached hydrogens (primary N) is 1. The minimum Gasteiger partial charge on any atom is -0.388 e. The third kappa shape index (κ3) is 2.62. The summed E-state index contributed by atoms with van der Waals surface area (Å²) in [4.78, 5) is 4.54. The number of rotatable bonds is 4. The van der Waals surface area contributed by atoms with E-state index in [1.54, 1.807) is 0 Å². The maximum Gasteiger partial charge on any atom is 0.0821 e. The smallest absolute Gasteiger partial charge is 0.0821 e. The van der Waals surface area contributed by atoms with Crippen LogP contribution in [-0.2, 0) is 6.42 Å². The molecule has 1 aromatic carbocycles. The SMILES string of the molecule is CCC(O)(CN)Cc1ccc2ccccc2n1. The van der Waals surface area contributed by atoms with Crippen molar-refractivity contribution in [3.8, 4) is 0 Å². The Labute approximate surface area is 101 Å². The van der Waals surface area contributed by atoms with E-state index in [1.165, 1.54) is 0 Å². The number of pyridine rings is 1. The molecule has 1 unspecified atom stereocenters. The Balaban J connectivity index is 2.31. The zero-order chi connectivity index (χ0) is 12.3. The van der Waals surface area contributed by atoms with Crippen LogP contribution in [0.4, 0.5) is 0 Å². The van der Waals surface area contributed by atoms with Crippen LogP contribution in [0.2, 0.25) is 0 Å². The number of hydrogen-bond donors (Lipinski definition) is 2. The molecule has 3 nitrogen and oxygen atoms in total. The van der Waals surface area contributed by atoms with Gasteiger partial charge in [-0.25, -0.2) is 0 Å². The van der Waals surface area contributed by atoms with Crippen LogP contribution in [-0.4, -0.2) is 22.2 Å². The van der Waals surface area contributed by atoms with Crippen LogP contribution in [0.15, 0.2) is 36.4 Å². The minimum atomic E-state index is -0.838. The van der Waals surface area contributed by atoms with Crippen molar-refractivity contribution in [2.24, 2.45) is 5.73 Å². The van der Waals surface area contributed by atoms with E-state index in [0.29, 0.717) is 12.8 Å². The van der Waals surface area contributed by atoms with Gasteiger partial charge in [0, 0.05) is 24.0 Å². The average molecular weight is 230 g/mol. The van der Waals surface area contributed by atoms with Crippen molar-refractivity contribution in [3.63, 3.8) is 0 Å². The summed E-state index contributed by atoms with van der Waals surface area (Å²) in [6.45, 7) is 2.20. The van der Waals surface area contributed by atoms with E-state index < -0.39 is 5.60 Å². The van der Waals surface area contributed by atoms with Gasteiger partial charge >= 0.3 is 0 Å². The van der Waals surface area contributed by atoms with Gasteiger partial charge in [0.25, 0.3) is 0 Å². The van der Waals surface area contributed by atoms with Gasteiger partial charge in [-0.15, -0.1) is 0 Å². The van der Waals surface area contributed by atoms with Crippen molar-refractivity contribution in [1.29, 1.82) is 0 Å². The number of para-hydroxylation sites is 1. The second kappa shape index (κ2) is 4.82. The van der Waals surface area contributed by atoms with Gasteiger partial charge < -0.3 is 10.8 Å². The Morgan fingerprint density at radius 3 is 2.71 bits per heavy atom. The van der Waals surface area contributed by atoms with E-state index >= 15 is 0 Å². The zero-order valence-electron chi connectivity index (χ0n) is 10.1. The first-order valence-electron chi connectivity index (χ1n) is 5.94. The van der Waals surface area contributed by atoms with Gasteiger partial charge in [-0.05, 0) is 18.6 Å². The second-order valence-electron chi connectivity index (χ2n) is 4.45. The first-order chi connectivity index (χ1) is 8.17. The molecule has 0 fully saturated rings. The second-order valence-corrected chi connectivity index (χ2v) is 4.45. The van der Waals surface area contributed by atoms with Crippen molar-refractivity contribution in [2.45, 2.75) is 25.4 Å². The Morgan fingerprint density at radius 1 is 1.24 bits per heavy atom. The molecule has 0 amide bonds. The normalized spacial score (nSPS) is 14.8. The molecular weight excluding hydrogens is 212 g/mol. The molecule has 0 aliphatic heterocycles. The first-order valence-corrected chi connectivity index (χ1v) is 5.94. The van der Waals surface area contributed by atoms with Crippen LogP contribution >= 0.6 is 0 Å². The molecule has 1 aromatic heterocycles. The number of fused-ring (bicyclic) bond motifs is 1. The quantitative estimate of drug-likeness (QED) is 0.843. The van der Waals surface area contributed by atoms with Gasteiger partial charge in [0.2, 0.25) is 0 Å². The molecule has 0 saturated heterocycles. The van der Waals surface area contributed by atoms with Gasteiger partial charge in [-0.3, -0.25) is 4.98 Å². The molecule has 17 heavy (non-hydrogen) atoms. The molecule has 0 aliphatic rings. The molecule has 0 saturated carbocycles. The molecule has 3 heteroatoms. The van der Waals surface area contributed by atoms with E-state index in [0.717, 1.165) is 16.6 Å². The number of nitrogens with zero attached hydrogens (tertiary/aromatic N) is 1. The molecule has 90 valence electrons. The Morgan fingerprint density at radius 2 is 2.00 bits per heavy atom. The third-order valence-corrected chi connectivity index (χ3v) is 3.20. The summed E-state index contributed by atoms with van der Waals surface area (Å²) in [5, 5.41) is 11.3. The topological polar surface area (TPSA) is 59.1 Å². The molecule has 0 radical (unpaired) electrons. The van der Waals surface area contributed by atoms with Crippen LogP contribution in [0.3, 0.4) is 0 Å². The fraction of sp³-hybridized carbons (Fsp3) is 0.357. The van der Waals surface area contributed by atoms with E-state index in [2.05, 4.69) is 4.98 Å². The summed E-state index contributed by atoms with van der Waals surface area (Å²) < 4.78 is 0. The zero-order valence-corrected chi connectivity index (χ0v) is 10.1. The Bertz CT molecular complexity index is 506. The lowest BCUT2D eigenvalue weighted by Gasteiger charge is -2.24. The monoisotopic (exact) mass is 230 g/mol. The maximum absolute atomic E-state index is 10.2. The highest BCUT2D eigenvalue weighted by Gasteiger charge is 2.23. The van der Waals surface area contributed by atoms with Gasteiger partial charge in [0.1, 0.15) is 0 Å². The molecule has 3 N–H and O–H groups in total. The predicted octanol–water partition coefficient (Wildman–Crippen LogP) is 1.88. The summed E-state index contributed by atoms with van der Waals surface area (Å²) in [7, 11) is 0. The summed E-state index contributed by atoms with van der Waals surface area (Å²) in [5.74, 6) is 0. The lowest BCUT2D eigenvalue weighted by Crippen LogP contribution is -2.39. The standard InChI is InChI=1S/C14H18N2O/c1-2-14(17,10-15)9-12-8-7-11-5-3-4-6-13(11)16-12/h3-8,17H,2,9-10,15H2,1H3. The predicted molar refractivity (Wildman–Crippen MR) is 69.7 cm³/mol. The number of aromatic nitrogens is 1. The highest BCUT2D eigenvalue weighted by molar-refractivity contribution is 5.78. The molecule has 0 aliphatic carbocycles. The summed E-state index contributed by atoms with van der Waals surface area (Å²) in [5.41, 5.74) is 6.61.